The Bertz CT molecular complexity index is 515. The zero-order chi connectivity index (χ0) is 16.5. The molecule has 0 heterocycles. The molecule has 1 rings (SSSR count). The van der Waals surface area contributed by atoms with Gasteiger partial charge in [-0.05, 0) is 25.0 Å². The van der Waals surface area contributed by atoms with Gasteiger partial charge in [-0.15, -0.1) is 0 Å². The molecule has 4 N–H and O–H groups in total. The zero-order valence-electron chi connectivity index (χ0n) is 13.4. The van der Waals surface area contributed by atoms with Crippen LogP contribution in [0.15, 0.2) is 30.4 Å². The quantitative estimate of drug-likeness (QED) is 0.514. The molecule has 0 fully saturated rings. The van der Waals surface area contributed by atoms with E-state index in [4.69, 9.17) is 20.9 Å². The molecule has 0 radical (unpaired) electrons. The summed E-state index contributed by atoms with van der Waals surface area (Å²) in [5.74, 6) is 0.711. The van der Waals surface area contributed by atoms with Crippen LogP contribution in [0.25, 0.3) is 0 Å². The molecule has 1 aromatic carbocycles. The van der Waals surface area contributed by atoms with E-state index in [1.165, 1.54) is 0 Å². The van der Waals surface area contributed by atoms with E-state index in [1.807, 2.05) is 13.0 Å². The van der Waals surface area contributed by atoms with Crippen LogP contribution >= 0.6 is 0 Å². The van der Waals surface area contributed by atoms with Crippen LogP contribution in [0.3, 0.4) is 0 Å². The largest absolute Gasteiger partial charge is 0.493 e. The summed E-state index contributed by atoms with van der Waals surface area (Å²) < 4.78 is 11.4. The van der Waals surface area contributed by atoms with Gasteiger partial charge in [0.25, 0.3) is 0 Å². The first-order valence-corrected chi connectivity index (χ1v) is 7.64. The third kappa shape index (κ3) is 5.07. The molecule has 0 bridgehead atoms. The second-order valence-corrected chi connectivity index (χ2v) is 5.12. The number of carbonyl (C=O) groups is 1. The van der Waals surface area contributed by atoms with Crippen molar-refractivity contribution in [1.29, 1.82) is 0 Å². The average Bonchev–Trinajstić information content (AvgIpc) is 2.51. The lowest BCUT2D eigenvalue weighted by Gasteiger charge is -2.18. The molecular formula is C17H26N2O3. The summed E-state index contributed by atoms with van der Waals surface area (Å²) in [6, 6.07) is 4.73. The first-order chi connectivity index (χ1) is 10.5. The molecule has 122 valence electrons. The Morgan fingerprint density at radius 1 is 1.23 bits per heavy atom. The first-order valence-electron chi connectivity index (χ1n) is 7.64. The van der Waals surface area contributed by atoms with Crippen molar-refractivity contribution in [3.05, 3.63) is 35.9 Å². The van der Waals surface area contributed by atoms with Crippen molar-refractivity contribution in [2.24, 2.45) is 11.5 Å². The van der Waals surface area contributed by atoms with Crippen molar-refractivity contribution in [2.45, 2.75) is 39.2 Å². The highest BCUT2D eigenvalue weighted by Crippen LogP contribution is 2.31. The van der Waals surface area contributed by atoms with Gasteiger partial charge >= 0.3 is 0 Å². The number of hydrogen-bond acceptors (Lipinski definition) is 4. The maximum Gasteiger partial charge on any atom is 0.245 e. The third-order valence-electron chi connectivity index (χ3n) is 3.24. The van der Waals surface area contributed by atoms with Crippen molar-refractivity contribution < 1.29 is 14.3 Å². The van der Waals surface area contributed by atoms with Crippen LogP contribution in [0.4, 0.5) is 0 Å². The van der Waals surface area contributed by atoms with Crippen LogP contribution in [0, 0.1) is 0 Å². The molecule has 0 aliphatic carbocycles. The minimum Gasteiger partial charge on any atom is -0.493 e. The Kier molecular flexibility index (Phi) is 7.46. The highest BCUT2D eigenvalue weighted by atomic mass is 16.5. The van der Waals surface area contributed by atoms with E-state index in [-0.39, 0.29) is 5.57 Å². The van der Waals surface area contributed by atoms with Crippen molar-refractivity contribution in [3.8, 4) is 11.5 Å². The van der Waals surface area contributed by atoms with Gasteiger partial charge in [0.2, 0.25) is 5.91 Å². The molecule has 1 aromatic rings. The first kappa shape index (κ1) is 18.0. The predicted octanol–water partition coefficient (Wildman–Crippen LogP) is 2.70. The van der Waals surface area contributed by atoms with E-state index in [1.54, 1.807) is 12.1 Å². The number of unbranched alkanes of at least 4 members (excludes halogenated alkanes) is 1. The van der Waals surface area contributed by atoms with E-state index in [0.717, 1.165) is 25.0 Å². The van der Waals surface area contributed by atoms with Crippen LogP contribution in [-0.2, 0) is 4.79 Å². The highest BCUT2D eigenvalue weighted by Gasteiger charge is 2.19. The van der Waals surface area contributed by atoms with Gasteiger partial charge in [-0.1, -0.05) is 26.8 Å². The Hall–Kier alpha value is -2.01. The molecule has 1 atom stereocenters. The van der Waals surface area contributed by atoms with Gasteiger partial charge in [0.1, 0.15) is 11.5 Å². The van der Waals surface area contributed by atoms with E-state index in [0.29, 0.717) is 24.5 Å². The molecule has 1 unspecified atom stereocenters. The standard InChI is InChI=1S/C17H26N2O3/c1-4-6-10-21-13-7-8-14(15(11-13)22-9-5-2)16(18)12(3)17(19)20/h7-8,11,16H,3-6,9-10,18H2,1-2H3,(H2,19,20). The maximum atomic E-state index is 11.3. The number of hydrogen-bond donors (Lipinski definition) is 2. The zero-order valence-corrected chi connectivity index (χ0v) is 13.4. The Balaban J connectivity index is 2.99. The van der Waals surface area contributed by atoms with Gasteiger partial charge in [-0.25, -0.2) is 0 Å². The molecule has 5 nitrogen and oxygen atoms in total. The average molecular weight is 306 g/mol. The minimum absolute atomic E-state index is 0.154. The lowest BCUT2D eigenvalue weighted by molar-refractivity contribution is -0.114. The van der Waals surface area contributed by atoms with Crippen LogP contribution in [0.1, 0.15) is 44.7 Å². The molecule has 0 aliphatic heterocycles. The van der Waals surface area contributed by atoms with E-state index in [9.17, 15) is 4.79 Å². The topological polar surface area (TPSA) is 87.6 Å². The highest BCUT2D eigenvalue weighted by molar-refractivity contribution is 5.92. The minimum atomic E-state index is -0.686. The second-order valence-electron chi connectivity index (χ2n) is 5.12. The number of benzene rings is 1. The molecule has 0 aromatic heterocycles. The van der Waals surface area contributed by atoms with Gasteiger partial charge in [-0.3, -0.25) is 4.79 Å². The number of ether oxygens (including phenoxy) is 2. The van der Waals surface area contributed by atoms with Crippen LogP contribution in [0.5, 0.6) is 11.5 Å². The Morgan fingerprint density at radius 2 is 1.95 bits per heavy atom. The number of carbonyl (C=O) groups excluding carboxylic acids is 1. The SMILES string of the molecule is C=C(C(N)=O)C(N)c1ccc(OCCCC)cc1OCCC. The predicted molar refractivity (Wildman–Crippen MR) is 87.9 cm³/mol. The van der Waals surface area contributed by atoms with Crippen LogP contribution in [-0.4, -0.2) is 19.1 Å². The molecule has 0 saturated heterocycles. The van der Waals surface area contributed by atoms with E-state index < -0.39 is 11.9 Å². The van der Waals surface area contributed by atoms with E-state index in [2.05, 4.69) is 13.5 Å². The lowest BCUT2D eigenvalue weighted by Crippen LogP contribution is -2.24. The summed E-state index contributed by atoms with van der Waals surface area (Å²) in [4.78, 5) is 11.3. The summed E-state index contributed by atoms with van der Waals surface area (Å²) in [7, 11) is 0. The molecule has 5 heteroatoms. The Morgan fingerprint density at radius 3 is 2.55 bits per heavy atom. The molecule has 22 heavy (non-hydrogen) atoms. The van der Waals surface area contributed by atoms with Crippen molar-refractivity contribution in [3.63, 3.8) is 0 Å². The molecule has 0 saturated carbocycles. The number of rotatable bonds is 10. The number of amides is 1. The van der Waals surface area contributed by atoms with Crippen LogP contribution in [0.2, 0.25) is 0 Å². The van der Waals surface area contributed by atoms with Crippen LogP contribution < -0.4 is 20.9 Å². The van der Waals surface area contributed by atoms with Gasteiger partial charge in [0, 0.05) is 17.2 Å². The Labute approximate surface area is 132 Å². The monoisotopic (exact) mass is 306 g/mol. The third-order valence-corrected chi connectivity index (χ3v) is 3.24. The fourth-order valence-electron chi connectivity index (χ4n) is 1.87. The number of nitrogens with two attached hydrogens (primary N) is 2. The smallest absolute Gasteiger partial charge is 0.245 e. The summed E-state index contributed by atoms with van der Waals surface area (Å²) >= 11 is 0. The normalized spacial score (nSPS) is 11.8. The van der Waals surface area contributed by atoms with Gasteiger partial charge < -0.3 is 20.9 Å². The molecule has 1 amide bonds. The lowest BCUT2D eigenvalue weighted by atomic mass is 9.99. The fourth-order valence-corrected chi connectivity index (χ4v) is 1.87. The van der Waals surface area contributed by atoms with Gasteiger partial charge in [0.15, 0.2) is 0 Å². The summed E-state index contributed by atoms with van der Waals surface area (Å²) in [5, 5.41) is 0. The summed E-state index contributed by atoms with van der Waals surface area (Å²) in [6.07, 6.45) is 2.93. The van der Waals surface area contributed by atoms with Gasteiger partial charge in [-0.2, -0.15) is 0 Å². The summed E-state index contributed by atoms with van der Waals surface area (Å²) in [6.45, 7) is 8.99. The van der Waals surface area contributed by atoms with Gasteiger partial charge in [0.05, 0.1) is 19.3 Å². The second kappa shape index (κ2) is 9.10. The fraction of sp³-hybridized carbons (Fsp3) is 0.471. The molecule has 0 spiro atoms. The van der Waals surface area contributed by atoms with Crippen molar-refractivity contribution in [2.75, 3.05) is 13.2 Å². The number of primary amides is 1. The summed E-state index contributed by atoms with van der Waals surface area (Å²) in [5.41, 5.74) is 12.1. The maximum absolute atomic E-state index is 11.3. The van der Waals surface area contributed by atoms with E-state index >= 15 is 0 Å². The van der Waals surface area contributed by atoms with Crippen molar-refractivity contribution >= 4 is 5.91 Å². The molecular weight excluding hydrogens is 280 g/mol. The molecule has 0 aliphatic rings. The van der Waals surface area contributed by atoms with Crippen molar-refractivity contribution in [1.82, 2.24) is 0 Å².